The average Bonchev–Trinajstić information content (AvgIpc) is 2.65. The van der Waals surface area contributed by atoms with Crippen molar-refractivity contribution in [1.82, 2.24) is 5.32 Å². The lowest BCUT2D eigenvalue weighted by atomic mass is 10.1. The minimum atomic E-state index is -0.0819. The van der Waals surface area contributed by atoms with Gasteiger partial charge in [0, 0.05) is 12.5 Å². The van der Waals surface area contributed by atoms with Gasteiger partial charge in [0.1, 0.15) is 5.76 Å². The van der Waals surface area contributed by atoms with Crippen LogP contribution in [0.5, 0.6) is 0 Å². The van der Waals surface area contributed by atoms with Crippen molar-refractivity contribution in [2.75, 3.05) is 6.54 Å². The zero-order chi connectivity index (χ0) is 11.3. The first kappa shape index (κ1) is 11.8. The van der Waals surface area contributed by atoms with Crippen LogP contribution in [0.3, 0.4) is 0 Å². The normalized spacial score (nSPS) is 12.5. The summed E-state index contributed by atoms with van der Waals surface area (Å²) in [5.74, 6) is 0.647. The van der Waals surface area contributed by atoms with E-state index in [1.165, 1.54) is 0 Å². The van der Waals surface area contributed by atoms with Crippen LogP contribution < -0.4 is 11.1 Å². The van der Waals surface area contributed by atoms with Gasteiger partial charge < -0.3 is 15.5 Å². The standard InChI is InChI=1S/C11H18N2O2/c1-3-10-9(5-7-15-10)11(14)13-8(2)4-6-12/h5,7-8H,3-4,6,12H2,1-2H3,(H,13,14). The Kier molecular flexibility index (Phi) is 4.37. The van der Waals surface area contributed by atoms with Crippen molar-refractivity contribution in [3.8, 4) is 0 Å². The first-order valence-corrected chi connectivity index (χ1v) is 5.26. The van der Waals surface area contributed by atoms with Gasteiger partial charge in [-0.05, 0) is 26.0 Å². The van der Waals surface area contributed by atoms with E-state index >= 15 is 0 Å². The Morgan fingerprint density at radius 3 is 3.00 bits per heavy atom. The van der Waals surface area contributed by atoms with Crippen LogP contribution >= 0.6 is 0 Å². The number of amides is 1. The molecule has 0 spiro atoms. The van der Waals surface area contributed by atoms with Gasteiger partial charge in [-0.3, -0.25) is 4.79 Å². The van der Waals surface area contributed by atoms with Gasteiger partial charge >= 0.3 is 0 Å². The summed E-state index contributed by atoms with van der Waals surface area (Å²) in [4.78, 5) is 11.8. The Labute approximate surface area is 89.8 Å². The van der Waals surface area contributed by atoms with Gasteiger partial charge in [-0.2, -0.15) is 0 Å². The van der Waals surface area contributed by atoms with Crippen LogP contribution in [-0.4, -0.2) is 18.5 Å². The van der Waals surface area contributed by atoms with E-state index in [1.807, 2.05) is 13.8 Å². The molecular weight excluding hydrogens is 192 g/mol. The highest BCUT2D eigenvalue weighted by atomic mass is 16.3. The summed E-state index contributed by atoms with van der Waals surface area (Å²) in [7, 11) is 0. The van der Waals surface area contributed by atoms with Crippen molar-refractivity contribution >= 4 is 5.91 Å². The molecule has 0 aliphatic rings. The molecule has 1 heterocycles. The Morgan fingerprint density at radius 2 is 2.40 bits per heavy atom. The first-order valence-electron chi connectivity index (χ1n) is 5.26. The van der Waals surface area contributed by atoms with E-state index in [9.17, 15) is 4.79 Å². The molecule has 1 aromatic heterocycles. The molecule has 1 aromatic rings. The molecule has 0 aromatic carbocycles. The smallest absolute Gasteiger partial charge is 0.255 e. The molecule has 4 nitrogen and oxygen atoms in total. The lowest BCUT2D eigenvalue weighted by molar-refractivity contribution is 0.0937. The molecule has 84 valence electrons. The lowest BCUT2D eigenvalue weighted by Gasteiger charge is -2.12. The molecular formula is C11H18N2O2. The fraction of sp³-hybridized carbons (Fsp3) is 0.545. The number of nitrogens with two attached hydrogens (primary N) is 1. The monoisotopic (exact) mass is 210 g/mol. The van der Waals surface area contributed by atoms with Gasteiger partial charge in [-0.25, -0.2) is 0 Å². The minimum Gasteiger partial charge on any atom is -0.469 e. The molecule has 4 heteroatoms. The molecule has 1 amide bonds. The first-order chi connectivity index (χ1) is 7.19. The summed E-state index contributed by atoms with van der Waals surface area (Å²) in [6.45, 7) is 4.48. The SMILES string of the molecule is CCc1occc1C(=O)NC(C)CCN. The number of hydrogen-bond acceptors (Lipinski definition) is 3. The number of hydrogen-bond donors (Lipinski definition) is 2. The maximum Gasteiger partial charge on any atom is 0.255 e. The highest BCUT2D eigenvalue weighted by Gasteiger charge is 2.14. The lowest BCUT2D eigenvalue weighted by Crippen LogP contribution is -2.34. The van der Waals surface area contributed by atoms with Crippen LogP contribution in [0.15, 0.2) is 16.7 Å². The fourth-order valence-corrected chi connectivity index (χ4v) is 1.44. The third-order valence-electron chi connectivity index (χ3n) is 2.29. The third-order valence-corrected chi connectivity index (χ3v) is 2.29. The number of nitrogens with one attached hydrogen (secondary N) is 1. The summed E-state index contributed by atoms with van der Waals surface area (Å²) < 4.78 is 5.19. The van der Waals surface area contributed by atoms with Gasteiger partial charge in [0.25, 0.3) is 5.91 Å². The van der Waals surface area contributed by atoms with Crippen LogP contribution in [0, 0.1) is 0 Å². The van der Waals surface area contributed by atoms with Crippen molar-refractivity contribution in [2.24, 2.45) is 5.73 Å². The summed E-state index contributed by atoms with van der Waals surface area (Å²) >= 11 is 0. The number of furan rings is 1. The zero-order valence-corrected chi connectivity index (χ0v) is 9.25. The van der Waals surface area contributed by atoms with E-state index < -0.39 is 0 Å². The average molecular weight is 210 g/mol. The Bertz CT molecular complexity index is 320. The van der Waals surface area contributed by atoms with E-state index in [4.69, 9.17) is 10.2 Å². The maximum absolute atomic E-state index is 11.8. The zero-order valence-electron chi connectivity index (χ0n) is 9.25. The van der Waals surface area contributed by atoms with Gasteiger partial charge in [0.05, 0.1) is 11.8 Å². The summed E-state index contributed by atoms with van der Waals surface area (Å²) in [6.07, 6.45) is 3.05. The second-order valence-corrected chi connectivity index (χ2v) is 3.56. The topological polar surface area (TPSA) is 68.3 Å². The van der Waals surface area contributed by atoms with E-state index in [-0.39, 0.29) is 11.9 Å². The van der Waals surface area contributed by atoms with E-state index in [0.29, 0.717) is 12.1 Å². The third kappa shape index (κ3) is 3.09. The quantitative estimate of drug-likeness (QED) is 0.770. The fourth-order valence-electron chi connectivity index (χ4n) is 1.44. The minimum absolute atomic E-state index is 0.0819. The Hall–Kier alpha value is -1.29. The van der Waals surface area contributed by atoms with Crippen molar-refractivity contribution in [2.45, 2.75) is 32.7 Å². The van der Waals surface area contributed by atoms with Crippen LogP contribution in [0.4, 0.5) is 0 Å². The number of carbonyl (C=O) groups is 1. The van der Waals surface area contributed by atoms with E-state index in [0.717, 1.165) is 18.6 Å². The summed E-state index contributed by atoms with van der Waals surface area (Å²) in [5.41, 5.74) is 6.04. The second kappa shape index (κ2) is 5.56. The predicted octanol–water partition coefficient (Wildman–Crippen LogP) is 1.31. The number of carbonyl (C=O) groups excluding carboxylic acids is 1. The van der Waals surface area contributed by atoms with Gasteiger partial charge in [-0.15, -0.1) is 0 Å². The second-order valence-electron chi connectivity index (χ2n) is 3.56. The molecule has 1 atom stereocenters. The molecule has 3 N–H and O–H groups in total. The Morgan fingerprint density at radius 1 is 1.67 bits per heavy atom. The number of aryl methyl sites for hydroxylation is 1. The molecule has 1 unspecified atom stereocenters. The molecule has 0 fully saturated rings. The molecule has 0 saturated heterocycles. The van der Waals surface area contributed by atoms with Crippen molar-refractivity contribution in [1.29, 1.82) is 0 Å². The van der Waals surface area contributed by atoms with Crippen molar-refractivity contribution in [3.05, 3.63) is 23.7 Å². The highest BCUT2D eigenvalue weighted by molar-refractivity contribution is 5.95. The van der Waals surface area contributed by atoms with Gasteiger partial charge in [-0.1, -0.05) is 6.92 Å². The molecule has 1 rings (SSSR count). The molecule has 0 bridgehead atoms. The molecule has 0 aliphatic carbocycles. The predicted molar refractivity (Wildman–Crippen MR) is 58.7 cm³/mol. The van der Waals surface area contributed by atoms with Crippen LogP contribution in [-0.2, 0) is 6.42 Å². The van der Waals surface area contributed by atoms with Crippen LogP contribution in [0.2, 0.25) is 0 Å². The van der Waals surface area contributed by atoms with Crippen LogP contribution in [0.25, 0.3) is 0 Å². The van der Waals surface area contributed by atoms with Gasteiger partial charge in [0.15, 0.2) is 0 Å². The van der Waals surface area contributed by atoms with Crippen molar-refractivity contribution < 1.29 is 9.21 Å². The largest absolute Gasteiger partial charge is 0.469 e. The van der Waals surface area contributed by atoms with Crippen molar-refractivity contribution in [3.63, 3.8) is 0 Å². The molecule has 15 heavy (non-hydrogen) atoms. The van der Waals surface area contributed by atoms with E-state index in [1.54, 1.807) is 12.3 Å². The number of rotatable bonds is 5. The highest BCUT2D eigenvalue weighted by Crippen LogP contribution is 2.11. The maximum atomic E-state index is 11.8. The molecule has 0 saturated carbocycles. The van der Waals surface area contributed by atoms with Gasteiger partial charge in [0.2, 0.25) is 0 Å². The summed E-state index contributed by atoms with van der Waals surface area (Å²) in [5, 5.41) is 2.88. The molecule has 0 aliphatic heterocycles. The van der Waals surface area contributed by atoms with Crippen LogP contribution in [0.1, 0.15) is 36.4 Å². The summed E-state index contributed by atoms with van der Waals surface area (Å²) in [6, 6.07) is 1.80. The van der Waals surface area contributed by atoms with E-state index in [2.05, 4.69) is 5.32 Å². The Balaban J connectivity index is 2.61. The molecule has 0 radical (unpaired) electrons.